The van der Waals surface area contributed by atoms with E-state index in [9.17, 15) is 19.5 Å². The first-order valence-corrected chi connectivity index (χ1v) is 12.1. The van der Waals surface area contributed by atoms with E-state index in [0.29, 0.717) is 29.4 Å². The lowest BCUT2D eigenvalue weighted by Gasteiger charge is -2.19. The fraction of sp³-hybridized carbons (Fsp3) is 0.321. The Morgan fingerprint density at radius 2 is 1.74 bits per heavy atom. The number of aromatic nitrogens is 1. The number of nitrogens with one attached hydrogen (secondary N) is 2. The van der Waals surface area contributed by atoms with Gasteiger partial charge in [-0.3, -0.25) is 9.59 Å². The van der Waals surface area contributed by atoms with Crippen molar-refractivity contribution in [2.75, 3.05) is 27.4 Å². The van der Waals surface area contributed by atoms with Crippen molar-refractivity contribution in [1.29, 1.82) is 0 Å². The van der Waals surface area contributed by atoms with E-state index >= 15 is 0 Å². The molecule has 0 fully saturated rings. The van der Waals surface area contributed by atoms with Gasteiger partial charge in [0, 0.05) is 25.1 Å². The van der Waals surface area contributed by atoms with Crippen molar-refractivity contribution in [3.63, 3.8) is 0 Å². The summed E-state index contributed by atoms with van der Waals surface area (Å²) in [5, 5.41) is 13.8. The number of aromatic amines is 1. The van der Waals surface area contributed by atoms with Crippen LogP contribution in [0.3, 0.4) is 0 Å². The van der Waals surface area contributed by atoms with Gasteiger partial charge in [0.15, 0.2) is 11.5 Å². The molecule has 0 saturated carbocycles. The fourth-order valence-corrected chi connectivity index (χ4v) is 4.00. The van der Waals surface area contributed by atoms with Crippen LogP contribution >= 0.6 is 0 Å². The Morgan fingerprint density at radius 1 is 1.00 bits per heavy atom. The first-order valence-electron chi connectivity index (χ1n) is 12.1. The van der Waals surface area contributed by atoms with Crippen molar-refractivity contribution in [3.8, 4) is 23.0 Å². The summed E-state index contributed by atoms with van der Waals surface area (Å²) in [7, 11) is 3.07. The Bertz CT molecular complexity index is 1320. The maximum absolute atomic E-state index is 13.1. The van der Waals surface area contributed by atoms with Crippen LogP contribution in [0.15, 0.2) is 53.5 Å². The minimum absolute atomic E-state index is 0.0907. The largest absolute Gasteiger partial charge is 0.506 e. The van der Waals surface area contributed by atoms with Gasteiger partial charge in [0.25, 0.3) is 5.56 Å². The number of pyridine rings is 1. The number of rotatable bonds is 12. The van der Waals surface area contributed by atoms with Gasteiger partial charge in [0.05, 0.1) is 33.0 Å². The maximum Gasteiger partial charge on any atom is 0.343 e. The Morgan fingerprint density at radius 3 is 2.37 bits per heavy atom. The second kappa shape index (κ2) is 13.2. The Labute approximate surface area is 220 Å². The van der Waals surface area contributed by atoms with Crippen molar-refractivity contribution in [1.82, 2.24) is 10.3 Å². The van der Waals surface area contributed by atoms with Crippen molar-refractivity contribution in [2.24, 2.45) is 0 Å². The molecule has 2 aromatic carbocycles. The van der Waals surface area contributed by atoms with Crippen LogP contribution in [0.4, 0.5) is 0 Å². The number of ether oxygens (including phenoxy) is 4. The van der Waals surface area contributed by atoms with E-state index in [0.717, 1.165) is 11.8 Å². The summed E-state index contributed by atoms with van der Waals surface area (Å²) in [4.78, 5) is 40.8. The quantitative estimate of drug-likeness (QED) is 0.306. The standard InChI is InChI=1S/C28H32N2O8/c1-5-37-23-13-17(7-12-22(23)36-4)15-29-24(31)14-20(18-8-10-19(35-3)11-9-18)25-26(32)21(16-30-27(25)33)28(34)38-6-2/h7-13,16,20H,5-6,14-15H2,1-4H3,(H,29,31)(H2,30,32,33). The molecule has 1 unspecified atom stereocenters. The molecule has 0 spiro atoms. The average molecular weight is 525 g/mol. The van der Waals surface area contributed by atoms with Gasteiger partial charge in [-0.2, -0.15) is 0 Å². The number of carbonyl (C=O) groups is 2. The number of H-pyrrole nitrogens is 1. The third kappa shape index (κ3) is 6.64. The molecule has 3 aromatic rings. The van der Waals surface area contributed by atoms with Crippen LogP contribution in [0.25, 0.3) is 0 Å². The molecule has 1 atom stereocenters. The molecule has 0 radical (unpaired) electrons. The number of carbonyl (C=O) groups excluding carboxylic acids is 2. The predicted octanol–water partition coefficient (Wildman–Crippen LogP) is 3.51. The highest BCUT2D eigenvalue weighted by atomic mass is 16.5. The van der Waals surface area contributed by atoms with Gasteiger partial charge in [-0.1, -0.05) is 18.2 Å². The van der Waals surface area contributed by atoms with E-state index in [-0.39, 0.29) is 36.6 Å². The number of methoxy groups -OCH3 is 2. The molecule has 0 bridgehead atoms. The van der Waals surface area contributed by atoms with Crippen LogP contribution < -0.4 is 25.1 Å². The van der Waals surface area contributed by atoms with E-state index in [1.54, 1.807) is 50.4 Å². The summed E-state index contributed by atoms with van der Waals surface area (Å²) in [6.45, 7) is 4.24. The van der Waals surface area contributed by atoms with Crippen LogP contribution in [0, 0.1) is 0 Å². The van der Waals surface area contributed by atoms with Crippen molar-refractivity contribution in [3.05, 3.63) is 81.3 Å². The third-order valence-electron chi connectivity index (χ3n) is 5.87. The fourth-order valence-electron chi connectivity index (χ4n) is 4.00. The topological polar surface area (TPSA) is 136 Å². The Kier molecular flexibility index (Phi) is 9.75. The van der Waals surface area contributed by atoms with E-state index in [1.165, 1.54) is 7.11 Å². The Hall–Kier alpha value is -4.47. The molecule has 10 nitrogen and oxygen atoms in total. The molecule has 3 N–H and O–H groups in total. The molecular weight excluding hydrogens is 492 g/mol. The third-order valence-corrected chi connectivity index (χ3v) is 5.87. The number of amides is 1. The molecule has 10 heteroatoms. The summed E-state index contributed by atoms with van der Waals surface area (Å²) in [5.41, 5.74) is 0.432. The van der Waals surface area contributed by atoms with Gasteiger partial charge >= 0.3 is 5.97 Å². The van der Waals surface area contributed by atoms with Crippen LogP contribution in [0.2, 0.25) is 0 Å². The lowest BCUT2D eigenvalue weighted by atomic mass is 9.87. The molecule has 38 heavy (non-hydrogen) atoms. The predicted molar refractivity (Wildman–Crippen MR) is 140 cm³/mol. The van der Waals surface area contributed by atoms with Gasteiger partial charge in [-0.15, -0.1) is 0 Å². The van der Waals surface area contributed by atoms with Crippen molar-refractivity contribution >= 4 is 11.9 Å². The number of hydrogen-bond donors (Lipinski definition) is 3. The molecule has 3 rings (SSSR count). The smallest absolute Gasteiger partial charge is 0.343 e. The van der Waals surface area contributed by atoms with Gasteiger partial charge in [-0.25, -0.2) is 4.79 Å². The number of hydrogen-bond acceptors (Lipinski definition) is 8. The molecule has 202 valence electrons. The van der Waals surface area contributed by atoms with Crippen molar-refractivity contribution in [2.45, 2.75) is 32.7 Å². The summed E-state index contributed by atoms with van der Waals surface area (Å²) in [6, 6.07) is 12.1. The second-order valence-corrected chi connectivity index (χ2v) is 8.24. The number of esters is 1. The lowest BCUT2D eigenvalue weighted by Crippen LogP contribution is -2.27. The zero-order chi connectivity index (χ0) is 27.7. The number of benzene rings is 2. The first-order chi connectivity index (χ1) is 18.3. The van der Waals surface area contributed by atoms with Crippen LogP contribution in [0.1, 0.15) is 53.2 Å². The van der Waals surface area contributed by atoms with Crippen LogP contribution in [-0.4, -0.2) is 49.4 Å². The SMILES string of the molecule is CCOC(=O)c1c[nH]c(=O)c(C(CC(=O)NCc2ccc(OC)c(OCC)c2)c2ccc(OC)cc2)c1O. The molecule has 0 saturated heterocycles. The first kappa shape index (κ1) is 28.1. The molecule has 1 aromatic heterocycles. The minimum atomic E-state index is -0.867. The van der Waals surface area contributed by atoms with Crippen LogP contribution in [0.5, 0.6) is 23.0 Å². The lowest BCUT2D eigenvalue weighted by molar-refractivity contribution is -0.121. The van der Waals surface area contributed by atoms with Gasteiger partial charge in [-0.05, 0) is 49.2 Å². The van der Waals surface area contributed by atoms with E-state index in [2.05, 4.69) is 10.3 Å². The average Bonchev–Trinajstić information content (AvgIpc) is 2.92. The highest BCUT2D eigenvalue weighted by Gasteiger charge is 2.28. The van der Waals surface area contributed by atoms with Crippen molar-refractivity contribution < 1.29 is 33.6 Å². The molecular formula is C28H32N2O8. The van der Waals surface area contributed by atoms with E-state index in [4.69, 9.17) is 18.9 Å². The summed E-state index contributed by atoms with van der Waals surface area (Å²) in [5.74, 6) is -0.834. The van der Waals surface area contributed by atoms with Gasteiger partial charge in [0.1, 0.15) is 17.1 Å². The summed E-state index contributed by atoms with van der Waals surface area (Å²) < 4.78 is 21.1. The Balaban J connectivity index is 1.91. The van der Waals surface area contributed by atoms with Gasteiger partial charge in [0.2, 0.25) is 5.91 Å². The highest BCUT2D eigenvalue weighted by molar-refractivity contribution is 5.92. The second-order valence-electron chi connectivity index (χ2n) is 8.24. The molecule has 0 aliphatic heterocycles. The van der Waals surface area contributed by atoms with Crippen LogP contribution in [-0.2, 0) is 16.1 Å². The van der Waals surface area contributed by atoms with E-state index < -0.39 is 23.2 Å². The maximum atomic E-state index is 13.1. The normalized spacial score (nSPS) is 11.4. The molecule has 1 amide bonds. The molecule has 1 heterocycles. The molecule has 0 aliphatic carbocycles. The molecule has 0 aliphatic rings. The number of aromatic hydroxyl groups is 1. The van der Waals surface area contributed by atoms with Gasteiger partial charge < -0.3 is 34.4 Å². The zero-order valence-corrected chi connectivity index (χ0v) is 21.8. The monoisotopic (exact) mass is 524 g/mol. The zero-order valence-electron chi connectivity index (χ0n) is 21.8. The van der Waals surface area contributed by atoms with E-state index in [1.807, 2.05) is 13.0 Å². The minimum Gasteiger partial charge on any atom is -0.506 e. The summed E-state index contributed by atoms with van der Waals surface area (Å²) in [6.07, 6.45) is 0.924. The summed E-state index contributed by atoms with van der Waals surface area (Å²) >= 11 is 0. The highest BCUT2D eigenvalue weighted by Crippen LogP contribution is 2.34.